The number of primary amides is 1. The monoisotopic (exact) mass is 493 g/mol. The highest BCUT2D eigenvalue weighted by molar-refractivity contribution is 6.01. The summed E-state index contributed by atoms with van der Waals surface area (Å²) in [5.74, 6) is -2.20. The van der Waals surface area contributed by atoms with E-state index >= 15 is 0 Å². The number of hydrogen-bond donors (Lipinski definition) is 2. The lowest BCUT2D eigenvalue weighted by atomic mass is 9.67. The Bertz CT molecular complexity index is 649. The lowest BCUT2D eigenvalue weighted by Crippen LogP contribution is -2.51. The zero-order chi connectivity index (χ0) is 25.7. The molecule has 0 aromatic carbocycles. The van der Waals surface area contributed by atoms with Gasteiger partial charge in [0.25, 0.3) is 0 Å². The molecule has 3 unspecified atom stereocenters. The molecule has 35 heavy (non-hydrogen) atoms. The van der Waals surface area contributed by atoms with Gasteiger partial charge in [-0.2, -0.15) is 0 Å². The van der Waals surface area contributed by atoms with Crippen molar-refractivity contribution in [2.24, 2.45) is 28.9 Å². The van der Waals surface area contributed by atoms with Gasteiger partial charge < -0.3 is 15.6 Å². The first-order chi connectivity index (χ1) is 16.9. The Labute approximate surface area is 213 Å². The van der Waals surface area contributed by atoms with Crippen LogP contribution in [0.2, 0.25) is 0 Å². The number of rotatable bonds is 20. The number of unbranched alkanes of at least 4 members (excludes halogenated alkanes) is 11. The summed E-state index contributed by atoms with van der Waals surface area (Å²) in [5, 5.41) is 10.1. The molecule has 0 bridgehead atoms. The predicted molar refractivity (Wildman–Crippen MR) is 139 cm³/mol. The lowest BCUT2D eigenvalue weighted by Gasteiger charge is -2.41. The highest BCUT2D eigenvalue weighted by Crippen LogP contribution is 2.51. The summed E-state index contributed by atoms with van der Waals surface area (Å²) in [6.45, 7) is 4.41. The predicted octanol–water partition coefficient (Wildman–Crippen LogP) is 6.78. The van der Waals surface area contributed by atoms with E-state index in [0.29, 0.717) is 25.7 Å². The zero-order valence-corrected chi connectivity index (χ0v) is 22.4. The molecule has 1 saturated carbocycles. The van der Waals surface area contributed by atoms with E-state index in [2.05, 4.69) is 13.8 Å². The smallest absolute Gasteiger partial charge is 0.319 e. The summed E-state index contributed by atoms with van der Waals surface area (Å²) in [4.78, 5) is 36.9. The average Bonchev–Trinajstić information content (AvgIpc) is 3.28. The number of carboxylic acid groups (broad SMARTS) is 1. The van der Waals surface area contributed by atoms with Crippen LogP contribution in [0.15, 0.2) is 0 Å². The fourth-order valence-corrected chi connectivity index (χ4v) is 6.55. The number of aliphatic carboxylic acids is 1. The maximum atomic E-state index is 12.4. The molecule has 6 nitrogen and oxygen atoms in total. The summed E-state index contributed by atoms with van der Waals surface area (Å²) >= 11 is 0. The molecule has 5 atom stereocenters. The van der Waals surface area contributed by atoms with Crippen molar-refractivity contribution in [2.45, 2.75) is 142 Å². The van der Waals surface area contributed by atoms with Crippen molar-refractivity contribution in [1.29, 1.82) is 0 Å². The summed E-state index contributed by atoms with van der Waals surface area (Å²) in [6.07, 6.45) is 19.5. The normalized spacial score (nSPS) is 26.8. The quantitative estimate of drug-likeness (QED) is 0.110. The first kappa shape index (κ1) is 29.6. The highest BCUT2D eigenvalue weighted by Gasteiger charge is 2.57. The van der Waals surface area contributed by atoms with Crippen LogP contribution in [-0.2, 0) is 19.1 Å². The Morgan fingerprint density at radius 2 is 1.54 bits per heavy atom. The molecule has 2 aliphatic rings. The fraction of sp³-hybridized carbons (Fsp3) is 0.897. The van der Waals surface area contributed by atoms with E-state index in [9.17, 15) is 19.5 Å². The molecular weight excluding hydrogens is 442 g/mol. The van der Waals surface area contributed by atoms with Gasteiger partial charge in [0.15, 0.2) is 0 Å². The van der Waals surface area contributed by atoms with Crippen LogP contribution in [0.4, 0.5) is 0 Å². The van der Waals surface area contributed by atoms with Gasteiger partial charge in [0.1, 0.15) is 11.5 Å². The molecule has 0 spiro atoms. The first-order valence-corrected chi connectivity index (χ1v) is 14.6. The molecular formula is C29H51NO5. The molecule has 1 amide bonds. The Morgan fingerprint density at radius 1 is 0.971 bits per heavy atom. The standard InChI is InChI=1S/C29H51NO5/c1-3-5-7-9-10-11-12-13-14-17-22(24-19-16-20-29(24,27(30)32)28(33)34)21-25-23(26(31)35-25)18-15-8-6-4-2/h22-25H,3-21H2,1-2H3,(H2,30,32)(H,33,34)/t22?,23?,24?,25-,29-/m0/s1. The number of nitrogens with two attached hydrogens (primary N) is 1. The number of cyclic esters (lactones) is 1. The Kier molecular flexibility index (Phi) is 13.1. The van der Waals surface area contributed by atoms with Crippen molar-refractivity contribution in [2.75, 3.05) is 0 Å². The average molecular weight is 494 g/mol. The molecule has 2 rings (SSSR count). The summed E-state index contributed by atoms with van der Waals surface area (Å²) < 4.78 is 5.58. The van der Waals surface area contributed by atoms with Gasteiger partial charge in [-0.15, -0.1) is 0 Å². The number of esters is 1. The Morgan fingerprint density at radius 3 is 2.09 bits per heavy atom. The van der Waals surface area contributed by atoms with Gasteiger partial charge >= 0.3 is 11.9 Å². The molecule has 0 aromatic rings. The molecule has 202 valence electrons. The van der Waals surface area contributed by atoms with Crippen LogP contribution >= 0.6 is 0 Å². The van der Waals surface area contributed by atoms with Crippen molar-refractivity contribution in [3.63, 3.8) is 0 Å². The van der Waals surface area contributed by atoms with E-state index in [1.807, 2.05) is 0 Å². The molecule has 1 heterocycles. The molecule has 1 aliphatic heterocycles. The third-order valence-corrected chi connectivity index (χ3v) is 8.71. The molecule has 2 fully saturated rings. The zero-order valence-electron chi connectivity index (χ0n) is 22.4. The van der Waals surface area contributed by atoms with E-state index in [1.54, 1.807) is 0 Å². The number of carboxylic acids is 1. The first-order valence-electron chi connectivity index (χ1n) is 14.6. The van der Waals surface area contributed by atoms with Crippen molar-refractivity contribution >= 4 is 17.8 Å². The van der Waals surface area contributed by atoms with Crippen LogP contribution in [0.3, 0.4) is 0 Å². The SMILES string of the molecule is CCCCCCCCCCCC(C[C@@H]1OC(=O)C1CCCCCC)C1CCC[C@]1(C(N)=O)C(=O)O. The second-order valence-corrected chi connectivity index (χ2v) is 11.2. The fourth-order valence-electron chi connectivity index (χ4n) is 6.55. The highest BCUT2D eigenvalue weighted by atomic mass is 16.6. The maximum absolute atomic E-state index is 12.4. The van der Waals surface area contributed by atoms with Crippen molar-refractivity contribution in [3.05, 3.63) is 0 Å². The van der Waals surface area contributed by atoms with E-state index in [1.165, 1.54) is 51.4 Å². The van der Waals surface area contributed by atoms with Crippen LogP contribution in [0.5, 0.6) is 0 Å². The van der Waals surface area contributed by atoms with Gasteiger partial charge in [-0.05, 0) is 43.9 Å². The topological polar surface area (TPSA) is 107 Å². The number of ether oxygens (including phenoxy) is 1. The van der Waals surface area contributed by atoms with Gasteiger partial charge in [-0.3, -0.25) is 14.4 Å². The van der Waals surface area contributed by atoms with Crippen molar-refractivity contribution in [1.82, 2.24) is 0 Å². The van der Waals surface area contributed by atoms with Gasteiger partial charge in [0.05, 0.1) is 5.92 Å². The molecule has 3 N–H and O–H groups in total. The van der Waals surface area contributed by atoms with E-state index in [0.717, 1.165) is 44.9 Å². The lowest BCUT2D eigenvalue weighted by molar-refractivity contribution is -0.189. The summed E-state index contributed by atoms with van der Waals surface area (Å²) in [6, 6.07) is 0. The second kappa shape index (κ2) is 15.5. The van der Waals surface area contributed by atoms with Gasteiger partial charge in [-0.1, -0.05) is 104 Å². The third kappa shape index (κ3) is 8.21. The Balaban J connectivity index is 1.97. The minimum absolute atomic E-state index is 0.0434. The van der Waals surface area contributed by atoms with Gasteiger partial charge in [0.2, 0.25) is 5.91 Å². The molecule has 0 radical (unpaired) electrons. The summed E-state index contributed by atoms with van der Waals surface area (Å²) in [7, 11) is 0. The van der Waals surface area contributed by atoms with E-state index in [-0.39, 0.29) is 29.8 Å². The number of carbonyl (C=O) groups is 3. The van der Waals surface area contributed by atoms with Crippen LogP contribution < -0.4 is 5.73 Å². The number of hydrogen-bond acceptors (Lipinski definition) is 4. The molecule has 6 heteroatoms. The molecule has 0 aromatic heterocycles. The molecule has 1 saturated heterocycles. The second-order valence-electron chi connectivity index (χ2n) is 11.2. The van der Waals surface area contributed by atoms with Crippen LogP contribution in [0, 0.1) is 23.2 Å². The van der Waals surface area contributed by atoms with Gasteiger partial charge in [0, 0.05) is 0 Å². The minimum atomic E-state index is -1.48. The van der Waals surface area contributed by atoms with Crippen molar-refractivity contribution < 1.29 is 24.2 Å². The van der Waals surface area contributed by atoms with Crippen LogP contribution in [-0.4, -0.2) is 29.1 Å². The summed E-state index contributed by atoms with van der Waals surface area (Å²) in [5.41, 5.74) is 4.24. The van der Waals surface area contributed by atoms with Crippen molar-refractivity contribution in [3.8, 4) is 0 Å². The largest absolute Gasteiger partial charge is 0.480 e. The van der Waals surface area contributed by atoms with E-state index in [4.69, 9.17) is 10.5 Å². The maximum Gasteiger partial charge on any atom is 0.319 e. The van der Waals surface area contributed by atoms with Crippen LogP contribution in [0.25, 0.3) is 0 Å². The minimum Gasteiger partial charge on any atom is -0.480 e. The third-order valence-electron chi connectivity index (χ3n) is 8.71. The van der Waals surface area contributed by atoms with E-state index < -0.39 is 17.3 Å². The Hall–Kier alpha value is -1.59. The number of carbonyl (C=O) groups excluding carboxylic acids is 2. The number of amides is 1. The van der Waals surface area contributed by atoms with Gasteiger partial charge in [-0.25, -0.2) is 0 Å². The van der Waals surface area contributed by atoms with Crippen LogP contribution in [0.1, 0.15) is 136 Å². The molecule has 1 aliphatic carbocycles.